The van der Waals surface area contributed by atoms with Crippen LogP contribution in [-0.2, 0) is 0 Å². The molecule has 2 rings (SSSR count). The van der Waals surface area contributed by atoms with E-state index in [0.29, 0.717) is 0 Å². The van der Waals surface area contributed by atoms with E-state index in [1.165, 1.54) is 25.3 Å². The van der Waals surface area contributed by atoms with Crippen LogP contribution in [0.2, 0.25) is 5.15 Å². The van der Waals surface area contributed by atoms with Gasteiger partial charge in [0.25, 0.3) is 5.91 Å². The summed E-state index contributed by atoms with van der Waals surface area (Å²) in [6.07, 6.45) is 0. The second-order valence-corrected chi connectivity index (χ2v) is 4.10. The third-order valence-electron chi connectivity index (χ3n) is 2.33. The number of rotatable bonds is 3. The first-order valence-electron chi connectivity index (χ1n) is 5.41. The number of phenolic OH excluding ortho intramolecular Hbond substituents is 2. The van der Waals surface area contributed by atoms with Crippen molar-refractivity contribution < 1.29 is 19.7 Å². The summed E-state index contributed by atoms with van der Waals surface area (Å²) in [5, 5.41) is 21.3. The fourth-order valence-electron chi connectivity index (χ4n) is 1.43. The van der Waals surface area contributed by atoms with Gasteiger partial charge in [0, 0.05) is 6.07 Å². The molecule has 0 aliphatic heterocycles. The quantitative estimate of drug-likeness (QED) is 0.589. The van der Waals surface area contributed by atoms with Crippen LogP contribution >= 0.6 is 11.6 Å². The minimum atomic E-state index is -0.692. The van der Waals surface area contributed by atoms with Crippen LogP contribution in [0.1, 0.15) is 10.4 Å². The number of halogens is 1. The van der Waals surface area contributed by atoms with Gasteiger partial charge in [-0.15, -0.1) is 0 Å². The lowest BCUT2D eigenvalue weighted by molar-refractivity contribution is 0.102. The number of aromatic nitrogens is 2. The molecule has 0 aliphatic carbocycles. The minimum absolute atomic E-state index is 0.0814. The second kappa shape index (κ2) is 5.62. The van der Waals surface area contributed by atoms with E-state index in [1.54, 1.807) is 0 Å². The fourth-order valence-corrected chi connectivity index (χ4v) is 1.61. The first-order valence-corrected chi connectivity index (χ1v) is 5.79. The topological polar surface area (TPSA) is 105 Å². The lowest BCUT2D eigenvalue weighted by Crippen LogP contribution is -2.14. The molecule has 0 saturated carbocycles. The maximum Gasteiger partial charge on any atom is 0.261 e. The van der Waals surface area contributed by atoms with Crippen LogP contribution in [0.15, 0.2) is 24.3 Å². The van der Waals surface area contributed by atoms with Gasteiger partial charge in [-0.05, 0) is 18.2 Å². The van der Waals surface area contributed by atoms with Crippen LogP contribution in [0.5, 0.6) is 17.4 Å². The van der Waals surface area contributed by atoms with Crippen LogP contribution in [0.3, 0.4) is 0 Å². The minimum Gasteiger partial charge on any atom is -0.508 e. The molecule has 8 heteroatoms. The Morgan fingerprint density at radius 1 is 1.30 bits per heavy atom. The molecule has 3 N–H and O–H groups in total. The highest BCUT2D eigenvalue weighted by Gasteiger charge is 2.14. The summed E-state index contributed by atoms with van der Waals surface area (Å²) in [4.78, 5) is 19.6. The first-order chi connectivity index (χ1) is 9.49. The van der Waals surface area contributed by atoms with Crippen molar-refractivity contribution in [2.45, 2.75) is 0 Å². The number of carbonyl (C=O) groups is 1. The molecule has 0 fully saturated rings. The van der Waals surface area contributed by atoms with Gasteiger partial charge in [-0.2, -0.15) is 4.98 Å². The van der Waals surface area contributed by atoms with E-state index in [-0.39, 0.29) is 34.0 Å². The Morgan fingerprint density at radius 2 is 2.05 bits per heavy atom. The number of amides is 1. The number of nitrogens with zero attached hydrogens (tertiary/aromatic N) is 2. The zero-order chi connectivity index (χ0) is 14.7. The number of methoxy groups -OCH3 is 1. The van der Waals surface area contributed by atoms with Crippen LogP contribution in [0.25, 0.3) is 0 Å². The van der Waals surface area contributed by atoms with Crippen LogP contribution in [-0.4, -0.2) is 33.2 Å². The van der Waals surface area contributed by atoms with Crippen LogP contribution in [0.4, 0.5) is 5.95 Å². The number of hydrogen-bond acceptors (Lipinski definition) is 6. The molecule has 0 saturated heterocycles. The van der Waals surface area contributed by atoms with Gasteiger partial charge in [-0.1, -0.05) is 11.6 Å². The van der Waals surface area contributed by atoms with Gasteiger partial charge < -0.3 is 14.9 Å². The molecule has 1 amide bonds. The zero-order valence-corrected chi connectivity index (χ0v) is 11.0. The molecule has 1 heterocycles. The predicted octanol–water partition coefficient (Wildman–Crippen LogP) is 1.80. The standard InChI is InChI=1S/C12H10ClN3O4/c1-20-10-5-9(13)14-12(15-10)16-11(19)7-4-6(17)2-3-8(7)18/h2-5,17-18H,1H3,(H,14,15,16,19). The Hall–Kier alpha value is -2.54. The number of benzene rings is 1. The highest BCUT2D eigenvalue weighted by atomic mass is 35.5. The van der Waals surface area contributed by atoms with Crippen molar-refractivity contribution in [1.82, 2.24) is 9.97 Å². The Bertz CT molecular complexity index is 663. The monoisotopic (exact) mass is 295 g/mol. The number of anilines is 1. The molecule has 0 bridgehead atoms. The van der Waals surface area contributed by atoms with Gasteiger partial charge in [-0.3, -0.25) is 10.1 Å². The molecule has 7 nitrogen and oxygen atoms in total. The zero-order valence-electron chi connectivity index (χ0n) is 10.3. The molecule has 2 aromatic rings. The van der Waals surface area contributed by atoms with E-state index in [1.807, 2.05) is 0 Å². The summed E-state index contributed by atoms with van der Waals surface area (Å²) in [6, 6.07) is 4.95. The number of aromatic hydroxyl groups is 2. The van der Waals surface area contributed by atoms with Crippen molar-refractivity contribution in [3.05, 3.63) is 35.0 Å². The molecule has 1 aromatic heterocycles. The number of carbonyl (C=O) groups excluding carboxylic acids is 1. The van der Waals surface area contributed by atoms with E-state index < -0.39 is 5.91 Å². The summed E-state index contributed by atoms with van der Waals surface area (Å²) in [6.45, 7) is 0. The number of nitrogens with one attached hydrogen (secondary N) is 1. The molecule has 0 spiro atoms. The van der Waals surface area contributed by atoms with Gasteiger partial charge in [-0.25, -0.2) is 4.98 Å². The Kier molecular flexibility index (Phi) is 3.90. The molecule has 104 valence electrons. The highest BCUT2D eigenvalue weighted by Crippen LogP contribution is 2.23. The summed E-state index contributed by atoms with van der Waals surface area (Å²) in [5.41, 5.74) is -0.118. The van der Waals surface area contributed by atoms with Gasteiger partial charge in [0.05, 0.1) is 12.7 Å². The molecule has 0 radical (unpaired) electrons. The Morgan fingerprint density at radius 3 is 2.75 bits per heavy atom. The largest absolute Gasteiger partial charge is 0.508 e. The first kappa shape index (κ1) is 13.9. The van der Waals surface area contributed by atoms with Crippen molar-refractivity contribution in [2.24, 2.45) is 0 Å². The van der Waals surface area contributed by atoms with E-state index in [2.05, 4.69) is 15.3 Å². The Balaban J connectivity index is 2.27. The molecule has 20 heavy (non-hydrogen) atoms. The van der Waals surface area contributed by atoms with Gasteiger partial charge in [0.2, 0.25) is 11.8 Å². The summed E-state index contributed by atoms with van der Waals surface area (Å²) in [5.74, 6) is -1.03. The average Bonchev–Trinajstić information content (AvgIpc) is 2.40. The van der Waals surface area contributed by atoms with Gasteiger partial charge in [0.1, 0.15) is 16.7 Å². The van der Waals surface area contributed by atoms with Gasteiger partial charge >= 0.3 is 0 Å². The number of phenols is 2. The summed E-state index contributed by atoms with van der Waals surface area (Å²) in [7, 11) is 1.39. The normalized spacial score (nSPS) is 10.1. The molecule has 0 unspecified atom stereocenters. The highest BCUT2D eigenvalue weighted by molar-refractivity contribution is 6.29. The lowest BCUT2D eigenvalue weighted by atomic mass is 10.2. The van der Waals surface area contributed by atoms with E-state index >= 15 is 0 Å². The maximum absolute atomic E-state index is 12.0. The van der Waals surface area contributed by atoms with Crippen molar-refractivity contribution in [1.29, 1.82) is 0 Å². The number of hydrogen-bond donors (Lipinski definition) is 3. The van der Waals surface area contributed by atoms with E-state index in [0.717, 1.165) is 6.07 Å². The van der Waals surface area contributed by atoms with Crippen LogP contribution in [0, 0.1) is 0 Å². The van der Waals surface area contributed by atoms with Crippen LogP contribution < -0.4 is 10.1 Å². The van der Waals surface area contributed by atoms with Crippen molar-refractivity contribution in [2.75, 3.05) is 12.4 Å². The predicted molar refractivity (Wildman–Crippen MR) is 71.3 cm³/mol. The molecule has 1 aromatic carbocycles. The maximum atomic E-state index is 12.0. The SMILES string of the molecule is COc1cc(Cl)nc(NC(=O)c2cc(O)ccc2O)n1. The second-order valence-electron chi connectivity index (χ2n) is 3.71. The smallest absolute Gasteiger partial charge is 0.261 e. The third kappa shape index (κ3) is 3.07. The molecular formula is C12H10ClN3O4. The van der Waals surface area contributed by atoms with Crippen molar-refractivity contribution >= 4 is 23.5 Å². The van der Waals surface area contributed by atoms with Crippen molar-refractivity contribution in [3.63, 3.8) is 0 Å². The molecule has 0 atom stereocenters. The van der Waals surface area contributed by atoms with Crippen molar-refractivity contribution in [3.8, 4) is 17.4 Å². The van der Waals surface area contributed by atoms with Gasteiger partial charge in [0.15, 0.2) is 0 Å². The molecular weight excluding hydrogens is 286 g/mol. The van der Waals surface area contributed by atoms with E-state index in [4.69, 9.17) is 16.3 Å². The average molecular weight is 296 g/mol. The third-order valence-corrected chi connectivity index (χ3v) is 2.52. The summed E-state index contributed by atoms with van der Waals surface area (Å²) >= 11 is 5.74. The fraction of sp³-hybridized carbons (Fsp3) is 0.0833. The van der Waals surface area contributed by atoms with E-state index in [9.17, 15) is 15.0 Å². The lowest BCUT2D eigenvalue weighted by Gasteiger charge is -2.07. The Labute approximate surface area is 118 Å². The molecule has 0 aliphatic rings. The summed E-state index contributed by atoms with van der Waals surface area (Å²) < 4.78 is 4.89. The number of ether oxygens (including phenoxy) is 1.